The number of para-hydroxylation sites is 1. The molecule has 0 bridgehead atoms. The van der Waals surface area contributed by atoms with Crippen LogP contribution in [0.3, 0.4) is 0 Å². The van der Waals surface area contributed by atoms with Crippen LogP contribution in [0, 0.1) is 13.8 Å². The van der Waals surface area contributed by atoms with Crippen molar-refractivity contribution in [2.45, 2.75) is 26.8 Å². The number of methoxy groups -OCH3 is 1. The number of anilines is 1. The number of aromatic nitrogens is 1. The largest absolute Gasteiger partial charge is 0.497 e. The van der Waals surface area contributed by atoms with E-state index in [0.29, 0.717) is 0 Å². The number of aromatic amines is 1. The summed E-state index contributed by atoms with van der Waals surface area (Å²) in [6.45, 7) is 5.84. The Morgan fingerprint density at radius 3 is 2.71 bits per heavy atom. The molecule has 0 atom stereocenters. The van der Waals surface area contributed by atoms with Crippen LogP contribution < -0.4 is 10.1 Å². The second kappa shape index (κ2) is 9.54. The second-order valence-electron chi connectivity index (χ2n) is 7.64. The fourth-order valence-electron chi connectivity index (χ4n) is 3.81. The lowest BCUT2D eigenvalue weighted by atomic mass is 10.1. The molecule has 0 saturated heterocycles. The molecule has 0 aliphatic rings. The van der Waals surface area contributed by atoms with Crippen LogP contribution in [0.15, 0.2) is 60.0 Å². The quantitative estimate of drug-likeness (QED) is 0.325. The van der Waals surface area contributed by atoms with Crippen molar-refractivity contribution in [3.05, 3.63) is 81.7 Å². The molecule has 2 N–H and O–H groups in total. The first-order valence-corrected chi connectivity index (χ1v) is 11.6. The smallest absolute Gasteiger partial charge is 0.173 e. The first-order valence-electron chi connectivity index (χ1n) is 10.3. The van der Waals surface area contributed by atoms with Crippen LogP contribution in [0.1, 0.15) is 21.7 Å². The molecule has 0 unspecified atom stereocenters. The third-order valence-corrected chi connectivity index (χ3v) is 6.78. The summed E-state index contributed by atoms with van der Waals surface area (Å²) in [6, 6.07) is 18.7. The van der Waals surface area contributed by atoms with Gasteiger partial charge in [0.1, 0.15) is 5.75 Å². The number of hydrogen-bond acceptors (Lipinski definition) is 3. The van der Waals surface area contributed by atoms with Gasteiger partial charge in [-0.05, 0) is 79.3 Å². The maximum absolute atomic E-state index is 5.84. The number of aryl methyl sites for hydroxylation is 2. The second-order valence-corrected chi connectivity index (χ2v) is 9.06. The number of ether oxygens (including phenoxy) is 1. The van der Waals surface area contributed by atoms with Crippen LogP contribution in [0.4, 0.5) is 5.69 Å². The van der Waals surface area contributed by atoms with Crippen molar-refractivity contribution in [1.29, 1.82) is 0 Å². The van der Waals surface area contributed by atoms with Crippen molar-refractivity contribution < 1.29 is 4.74 Å². The molecule has 0 amide bonds. The van der Waals surface area contributed by atoms with Gasteiger partial charge in [0.05, 0.1) is 13.7 Å². The molecule has 4 aromatic rings. The van der Waals surface area contributed by atoms with Gasteiger partial charge < -0.3 is 19.9 Å². The zero-order valence-electron chi connectivity index (χ0n) is 18.1. The highest BCUT2D eigenvalue weighted by Crippen LogP contribution is 2.27. The summed E-state index contributed by atoms with van der Waals surface area (Å²) in [5.41, 5.74) is 5.87. The van der Waals surface area contributed by atoms with Crippen LogP contribution in [0.25, 0.3) is 10.9 Å². The molecule has 2 aromatic carbocycles. The Labute approximate surface area is 192 Å². The minimum Gasteiger partial charge on any atom is -0.497 e. The Kier molecular flexibility index (Phi) is 6.59. The van der Waals surface area contributed by atoms with E-state index in [1.807, 2.05) is 18.2 Å². The molecule has 6 heteroatoms. The van der Waals surface area contributed by atoms with Crippen molar-refractivity contribution >= 4 is 45.3 Å². The summed E-state index contributed by atoms with van der Waals surface area (Å²) < 4.78 is 5.44. The summed E-state index contributed by atoms with van der Waals surface area (Å²) in [6.07, 6.45) is 0.889. The first kappa shape index (κ1) is 21.4. The van der Waals surface area contributed by atoms with Crippen LogP contribution in [0.5, 0.6) is 5.75 Å². The van der Waals surface area contributed by atoms with E-state index in [4.69, 9.17) is 17.0 Å². The summed E-state index contributed by atoms with van der Waals surface area (Å²) in [4.78, 5) is 7.06. The number of fused-ring (bicyclic) bond motifs is 1. The molecule has 0 radical (unpaired) electrons. The SMILES string of the molecule is COc1ccc2[nH]c(C)c(CCN(Cc3cccs3)C(=S)Nc3ccccc3C)c2c1. The number of H-pyrrole nitrogens is 1. The van der Waals surface area contributed by atoms with Gasteiger partial charge >= 0.3 is 0 Å². The van der Waals surface area contributed by atoms with Crippen molar-refractivity contribution in [3.8, 4) is 5.75 Å². The molecule has 4 nitrogen and oxygen atoms in total. The number of nitrogens with one attached hydrogen (secondary N) is 2. The van der Waals surface area contributed by atoms with E-state index < -0.39 is 0 Å². The lowest BCUT2D eigenvalue weighted by molar-refractivity contribution is 0.415. The number of rotatable bonds is 7. The minimum absolute atomic E-state index is 0.748. The topological polar surface area (TPSA) is 40.3 Å². The van der Waals surface area contributed by atoms with E-state index in [1.54, 1.807) is 18.4 Å². The zero-order valence-corrected chi connectivity index (χ0v) is 19.7. The van der Waals surface area contributed by atoms with Gasteiger partial charge in [0.2, 0.25) is 0 Å². The third-order valence-electron chi connectivity index (χ3n) is 5.56. The Bertz CT molecular complexity index is 1180. The summed E-state index contributed by atoms with van der Waals surface area (Å²) in [5, 5.41) is 7.53. The fourth-order valence-corrected chi connectivity index (χ4v) is 4.79. The van der Waals surface area contributed by atoms with Crippen molar-refractivity contribution in [2.24, 2.45) is 0 Å². The van der Waals surface area contributed by atoms with Gasteiger partial charge in [-0.2, -0.15) is 0 Å². The molecule has 160 valence electrons. The molecule has 2 aromatic heterocycles. The van der Waals surface area contributed by atoms with E-state index in [0.717, 1.165) is 41.6 Å². The molecule has 2 heterocycles. The highest BCUT2D eigenvalue weighted by atomic mass is 32.1. The standard InChI is InChI=1S/C25H27N3OS2/c1-17-7-4-5-9-23(17)27-25(30)28(16-20-8-6-14-31-20)13-12-21-18(2)26-24-11-10-19(29-3)15-22(21)24/h4-11,14-15,26H,12-13,16H2,1-3H3,(H,27,30). The predicted molar refractivity (Wildman–Crippen MR) is 135 cm³/mol. The highest BCUT2D eigenvalue weighted by molar-refractivity contribution is 7.80. The first-order chi connectivity index (χ1) is 15.0. The Hall–Kier alpha value is -2.83. The van der Waals surface area contributed by atoms with Gasteiger partial charge in [0.25, 0.3) is 0 Å². The summed E-state index contributed by atoms with van der Waals surface area (Å²) in [5.74, 6) is 0.875. The molecule has 0 aliphatic carbocycles. The van der Waals surface area contributed by atoms with Gasteiger partial charge in [-0.3, -0.25) is 0 Å². The Morgan fingerprint density at radius 2 is 1.97 bits per heavy atom. The van der Waals surface area contributed by atoms with E-state index in [2.05, 4.69) is 70.8 Å². The predicted octanol–water partition coefficient (Wildman–Crippen LogP) is 6.30. The molecular formula is C25H27N3OS2. The van der Waals surface area contributed by atoms with Crippen molar-refractivity contribution in [2.75, 3.05) is 19.0 Å². The molecular weight excluding hydrogens is 422 g/mol. The number of nitrogens with zero attached hydrogens (tertiary/aromatic N) is 1. The Morgan fingerprint density at radius 1 is 1.13 bits per heavy atom. The van der Waals surface area contributed by atoms with Crippen molar-refractivity contribution in [3.63, 3.8) is 0 Å². The fraction of sp³-hybridized carbons (Fsp3) is 0.240. The molecule has 0 aliphatic heterocycles. The van der Waals surface area contributed by atoms with E-state index >= 15 is 0 Å². The van der Waals surface area contributed by atoms with Crippen LogP contribution in [0.2, 0.25) is 0 Å². The molecule has 0 saturated carbocycles. The van der Waals surface area contributed by atoms with Gasteiger partial charge in [-0.1, -0.05) is 24.3 Å². The lowest BCUT2D eigenvalue weighted by Gasteiger charge is -2.26. The highest BCUT2D eigenvalue weighted by Gasteiger charge is 2.15. The summed E-state index contributed by atoms with van der Waals surface area (Å²) in [7, 11) is 1.71. The normalized spacial score (nSPS) is 10.9. The van der Waals surface area contributed by atoms with E-state index in [-0.39, 0.29) is 0 Å². The average molecular weight is 450 g/mol. The monoisotopic (exact) mass is 449 g/mol. The zero-order chi connectivity index (χ0) is 21.8. The van der Waals surface area contributed by atoms with Gasteiger partial charge in [0, 0.05) is 33.7 Å². The van der Waals surface area contributed by atoms with E-state index in [9.17, 15) is 0 Å². The number of hydrogen-bond donors (Lipinski definition) is 2. The number of thiophene rings is 1. The maximum Gasteiger partial charge on any atom is 0.173 e. The lowest BCUT2D eigenvalue weighted by Crippen LogP contribution is -2.35. The van der Waals surface area contributed by atoms with Crippen molar-refractivity contribution in [1.82, 2.24) is 9.88 Å². The molecule has 0 spiro atoms. The molecule has 0 fully saturated rings. The molecule has 31 heavy (non-hydrogen) atoms. The Balaban J connectivity index is 1.56. The van der Waals surface area contributed by atoms with Gasteiger partial charge in [-0.15, -0.1) is 11.3 Å². The summed E-state index contributed by atoms with van der Waals surface area (Å²) >= 11 is 7.61. The maximum atomic E-state index is 5.84. The third kappa shape index (κ3) is 4.92. The number of benzene rings is 2. The van der Waals surface area contributed by atoms with Crippen LogP contribution in [-0.4, -0.2) is 28.7 Å². The van der Waals surface area contributed by atoms with E-state index in [1.165, 1.54) is 27.1 Å². The van der Waals surface area contributed by atoms with Crippen LogP contribution >= 0.6 is 23.6 Å². The van der Waals surface area contributed by atoms with Gasteiger partial charge in [-0.25, -0.2) is 0 Å². The van der Waals surface area contributed by atoms with Gasteiger partial charge in [0.15, 0.2) is 5.11 Å². The minimum atomic E-state index is 0.748. The average Bonchev–Trinajstić information content (AvgIpc) is 3.39. The van der Waals surface area contributed by atoms with Crippen LogP contribution in [-0.2, 0) is 13.0 Å². The molecule has 4 rings (SSSR count). The number of thiocarbonyl (C=S) groups is 1.